The summed E-state index contributed by atoms with van der Waals surface area (Å²) in [5.41, 5.74) is 3.19. The number of anilines is 1. The number of para-hydroxylation sites is 2. The fourth-order valence-electron chi connectivity index (χ4n) is 3.70. The highest BCUT2D eigenvalue weighted by molar-refractivity contribution is 5.94. The van der Waals surface area contributed by atoms with Crippen molar-refractivity contribution >= 4 is 17.6 Å². The molecular weight excluding hydrogens is 342 g/mol. The molecule has 2 aromatic carbocycles. The maximum atomic E-state index is 12.6. The topological polar surface area (TPSA) is 70.7 Å². The summed E-state index contributed by atoms with van der Waals surface area (Å²) in [5, 5.41) is 5.69. The molecule has 0 unspecified atom stereocenters. The number of hydrogen-bond donors (Lipinski definition) is 2. The van der Waals surface area contributed by atoms with Crippen molar-refractivity contribution in [2.75, 3.05) is 24.6 Å². The van der Waals surface area contributed by atoms with Crippen molar-refractivity contribution in [3.63, 3.8) is 0 Å². The molecule has 0 radical (unpaired) electrons. The highest BCUT2D eigenvalue weighted by Crippen LogP contribution is 2.31. The fourth-order valence-corrected chi connectivity index (χ4v) is 3.70. The van der Waals surface area contributed by atoms with Crippen molar-refractivity contribution in [1.82, 2.24) is 10.6 Å². The quantitative estimate of drug-likeness (QED) is 0.875. The van der Waals surface area contributed by atoms with Gasteiger partial charge < -0.3 is 20.3 Å². The Bertz CT molecular complexity index is 852. The summed E-state index contributed by atoms with van der Waals surface area (Å²) >= 11 is 0. The average molecular weight is 365 g/mol. The van der Waals surface area contributed by atoms with Crippen LogP contribution in [0.3, 0.4) is 0 Å². The Balaban J connectivity index is 1.27. The molecule has 1 atom stereocenters. The van der Waals surface area contributed by atoms with Crippen LogP contribution in [-0.4, -0.2) is 31.6 Å². The van der Waals surface area contributed by atoms with Crippen molar-refractivity contribution < 1.29 is 14.3 Å². The van der Waals surface area contributed by atoms with Crippen molar-refractivity contribution in [1.29, 1.82) is 0 Å². The first-order valence-electron chi connectivity index (χ1n) is 9.37. The number of amides is 3. The van der Waals surface area contributed by atoms with E-state index < -0.39 is 0 Å². The lowest BCUT2D eigenvalue weighted by Crippen LogP contribution is -2.41. The van der Waals surface area contributed by atoms with Crippen LogP contribution in [0.1, 0.15) is 30.0 Å². The zero-order valence-corrected chi connectivity index (χ0v) is 15.1. The molecule has 0 aliphatic carbocycles. The molecule has 2 aliphatic heterocycles. The lowest BCUT2D eigenvalue weighted by atomic mass is 10.0. The second-order valence-electron chi connectivity index (χ2n) is 6.83. The van der Waals surface area contributed by atoms with E-state index in [2.05, 4.69) is 16.7 Å². The van der Waals surface area contributed by atoms with E-state index in [0.29, 0.717) is 13.2 Å². The second kappa shape index (κ2) is 7.70. The first kappa shape index (κ1) is 17.4. The molecule has 0 saturated heterocycles. The van der Waals surface area contributed by atoms with Gasteiger partial charge in [-0.15, -0.1) is 0 Å². The highest BCUT2D eigenvalue weighted by atomic mass is 16.5. The third-order valence-electron chi connectivity index (χ3n) is 5.04. The Morgan fingerprint density at radius 1 is 1.11 bits per heavy atom. The van der Waals surface area contributed by atoms with Crippen LogP contribution < -0.4 is 20.3 Å². The second-order valence-corrected chi connectivity index (χ2v) is 6.83. The van der Waals surface area contributed by atoms with Gasteiger partial charge in [0.05, 0.1) is 6.04 Å². The average Bonchev–Trinajstić information content (AvgIpc) is 3.10. The number of carbonyl (C=O) groups is 2. The number of ether oxygens (including phenoxy) is 1. The van der Waals surface area contributed by atoms with Gasteiger partial charge in [0.15, 0.2) is 0 Å². The van der Waals surface area contributed by atoms with E-state index >= 15 is 0 Å². The molecule has 4 rings (SSSR count). The van der Waals surface area contributed by atoms with Crippen molar-refractivity contribution in [3.05, 3.63) is 59.7 Å². The maximum absolute atomic E-state index is 12.6. The van der Waals surface area contributed by atoms with E-state index in [4.69, 9.17) is 4.74 Å². The van der Waals surface area contributed by atoms with Gasteiger partial charge in [0.2, 0.25) is 5.91 Å². The molecule has 2 aromatic rings. The van der Waals surface area contributed by atoms with Crippen LogP contribution in [0, 0.1) is 0 Å². The van der Waals surface area contributed by atoms with E-state index in [1.807, 2.05) is 47.4 Å². The number of fused-ring (bicyclic) bond motifs is 2. The third-order valence-corrected chi connectivity index (χ3v) is 5.04. The van der Waals surface area contributed by atoms with E-state index in [-0.39, 0.29) is 24.4 Å². The van der Waals surface area contributed by atoms with Gasteiger partial charge in [-0.3, -0.25) is 4.79 Å². The zero-order valence-electron chi connectivity index (χ0n) is 15.1. The fraction of sp³-hybridized carbons (Fsp3) is 0.333. The number of aryl methyl sites for hydroxylation is 1. The minimum absolute atomic E-state index is 0.0389. The molecule has 0 fully saturated rings. The van der Waals surface area contributed by atoms with Crippen molar-refractivity contribution in [2.24, 2.45) is 0 Å². The van der Waals surface area contributed by atoms with Gasteiger partial charge in [-0.2, -0.15) is 0 Å². The Labute approximate surface area is 158 Å². The van der Waals surface area contributed by atoms with Gasteiger partial charge in [-0.1, -0.05) is 36.4 Å². The van der Waals surface area contributed by atoms with Crippen LogP contribution in [0.5, 0.6) is 5.75 Å². The molecule has 6 heteroatoms. The zero-order chi connectivity index (χ0) is 18.6. The Hall–Kier alpha value is -3.02. The van der Waals surface area contributed by atoms with E-state index in [9.17, 15) is 9.59 Å². The van der Waals surface area contributed by atoms with Crippen molar-refractivity contribution in [3.8, 4) is 5.75 Å². The predicted octanol–water partition coefficient (Wildman–Crippen LogP) is 2.79. The van der Waals surface area contributed by atoms with Crippen LogP contribution in [0.2, 0.25) is 0 Å². The largest absolute Gasteiger partial charge is 0.491 e. The molecule has 140 valence electrons. The minimum Gasteiger partial charge on any atom is -0.491 e. The normalized spacial score (nSPS) is 17.5. The lowest BCUT2D eigenvalue weighted by molar-refractivity contribution is -0.118. The van der Waals surface area contributed by atoms with Crippen LogP contribution in [-0.2, 0) is 11.2 Å². The monoisotopic (exact) mass is 365 g/mol. The molecule has 0 aromatic heterocycles. The first-order chi connectivity index (χ1) is 13.2. The SMILES string of the molecule is O=C(NCCC(=O)N1CCCc2ccccc21)N[C@@H]1COc2ccccc21. The van der Waals surface area contributed by atoms with Gasteiger partial charge in [0.1, 0.15) is 12.4 Å². The highest BCUT2D eigenvalue weighted by Gasteiger charge is 2.25. The molecule has 0 spiro atoms. The van der Waals surface area contributed by atoms with Crippen LogP contribution >= 0.6 is 0 Å². The summed E-state index contributed by atoms with van der Waals surface area (Å²) in [5.74, 6) is 0.846. The number of hydrogen-bond acceptors (Lipinski definition) is 3. The summed E-state index contributed by atoms with van der Waals surface area (Å²) < 4.78 is 5.56. The molecule has 0 saturated carbocycles. The van der Waals surface area contributed by atoms with Gasteiger partial charge >= 0.3 is 6.03 Å². The molecule has 6 nitrogen and oxygen atoms in total. The minimum atomic E-state index is -0.285. The van der Waals surface area contributed by atoms with Gasteiger partial charge in [-0.25, -0.2) is 4.79 Å². The third kappa shape index (κ3) is 3.74. The molecular formula is C21H23N3O3. The summed E-state index contributed by atoms with van der Waals surface area (Å²) in [6.45, 7) is 1.47. The number of urea groups is 1. The molecule has 2 N–H and O–H groups in total. The first-order valence-corrected chi connectivity index (χ1v) is 9.37. The van der Waals surface area contributed by atoms with Crippen LogP contribution in [0.15, 0.2) is 48.5 Å². The summed E-state index contributed by atoms with van der Waals surface area (Å²) in [7, 11) is 0. The molecule has 2 aliphatic rings. The number of carbonyl (C=O) groups excluding carboxylic acids is 2. The van der Waals surface area contributed by atoms with Gasteiger partial charge in [-0.05, 0) is 30.5 Å². The van der Waals surface area contributed by atoms with E-state index in [0.717, 1.165) is 36.4 Å². The van der Waals surface area contributed by atoms with Crippen molar-refractivity contribution in [2.45, 2.75) is 25.3 Å². The summed E-state index contributed by atoms with van der Waals surface area (Å²) in [6.07, 6.45) is 2.25. The number of benzene rings is 2. The van der Waals surface area contributed by atoms with Gasteiger partial charge in [0.25, 0.3) is 0 Å². The maximum Gasteiger partial charge on any atom is 0.315 e. The number of nitrogens with one attached hydrogen (secondary N) is 2. The van der Waals surface area contributed by atoms with Gasteiger partial charge in [0, 0.05) is 30.8 Å². The lowest BCUT2D eigenvalue weighted by Gasteiger charge is -2.29. The molecule has 0 bridgehead atoms. The number of nitrogens with zero attached hydrogens (tertiary/aromatic N) is 1. The number of rotatable bonds is 4. The van der Waals surface area contributed by atoms with Crippen LogP contribution in [0.25, 0.3) is 0 Å². The molecule has 27 heavy (non-hydrogen) atoms. The molecule has 2 heterocycles. The Morgan fingerprint density at radius 3 is 2.85 bits per heavy atom. The van der Waals surface area contributed by atoms with E-state index in [1.54, 1.807) is 0 Å². The summed E-state index contributed by atoms with van der Waals surface area (Å²) in [6, 6.07) is 15.3. The Morgan fingerprint density at radius 2 is 1.93 bits per heavy atom. The summed E-state index contributed by atoms with van der Waals surface area (Å²) in [4.78, 5) is 26.6. The smallest absolute Gasteiger partial charge is 0.315 e. The molecule has 3 amide bonds. The Kier molecular flexibility index (Phi) is 4.96. The van der Waals surface area contributed by atoms with E-state index in [1.165, 1.54) is 5.56 Å². The predicted molar refractivity (Wildman–Crippen MR) is 103 cm³/mol. The standard InChI is InChI=1S/C21H23N3O3/c25-20(24-13-5-7-15-6-1-3-9-18(15)24)11-12-22-21(26)23-17-14-27-19-10-4-2-8-16(17)19/h1-4,6,8-10,17H,5,7,11-14H2,(H2,22,23,26)/t17-/m1/s1. The van der Waals surface area contributed by atoms with Crippen LogP contribution in [0.4, 0.5) is 10.5 Å².